The molecular formula is C34H32N2O7S. The lowest BCUT2D eigenvalue weighted by molar-refractivity contribution is -0.139. The molecular weight excluding hydrogens is 580 g/mol. The van der Waals surface area contributed by atoms with E-state index in [0.717, 1.165) is 17.5 Å². The van der Waals surface area contributed by atoms with E-state index in [1.807, 2.05) is 67.6 Å². The van der Waals surface area contributed by atoms with Crippen LogP contribution >= 0.6 is 11.3 Å². The largest absolute Gasteiger partial charge is 0.493 e. The molecule has 0 saturated carbocycles. The second-order valence-corrected chi connectivity index (χ2v) is 11.2. The molecule has 6 rings (SSSR count). The number of aromatic nitrogens is 1. The number of benzene rings is 3. The minimum atomic E-state index is -0.744. The first kappa shape index (κ1) is 29.3. The molecule has 1 unspecified atom stereocenters. The van der Waals surface area contributed by atoms with Gasteiger partial charge in [-0.2, -0.15) is 0 Å². The molecule has 1 aromatic heterocycles. The average Bonchev–Trinajstić information content (AvgIpc) is 3.63. The van der Waals surface area contributed by atoms with E-state index in [1.165, 1.54) is 11.3 Å². The third-order valence-electron chi connectivity index (χ3n) is 7.33. The molecule has 4 aromatic rings. The number of esters is 1. The maximum Gasteiger partial charge on any atom is 0.338 e. The normalized spacial score (nSPS) is 15.5. The Balaban J connectivity index is 1.43. The van der Waals surface area contributed by atoms with E-state index in [4.69, 9.17) is 28.7 Å². The molecule has 2 aliphatic rings. The lowest BCUT2D eigenvalue weighted by atomic mass is 9.94. The number of rotatable bonds is 10. The lowest BCUT2D eigenvalue weighted by Crippen LogP contribution is -2.40. The van der Waals surface area contributed by atoms with Gasteiger partial charge >= 0.3 is 5.97 Å². The van der Waals surface area contributed by atoms with Crippen LogP contribution in [-0.2, 0) is 16.1 Å². The van der Waals surface area contributed by atoms with Gasteiger partial charge in [-0.25, -0.2) is 9.79 Å². The molecule has 10 heteroatoms. The van der Waals surface area contributed by atoms with Crippen LogP contribution in [-0.4, -0.2) is 31.0 Å². The fraction of sp³-hybridized carbons (Fsp3) is 0.265. The van der Waals surface area contributed by atoms with Crippen molar-refractivity contribution < 1.29 is 28.5 Å². The van der Waals surface area contributed by atoms with Crippen LogP contribution in [0.4, 0.5) is 0 Å². The van der Waals surface area contributed by atoms with Crippen LogP contribution < -0.4 is 33.8 Å². The third-order valence-corrected chi connectivity index (χ3v) is 8.31. The van der Waals surface area contributed by atoms with Gasteiger partial charge in [0.1, 0.15) is 6.61 Å². The third kappa shape index (κ3) is 5.72. The molecule has 0 radical (unpaired) electrons. The van der Waals surface area contributed by atoms with Gasteiger partial charge < -0.3 is 23.7 Å². The summed E-state index contributed by atoms with van der Waals surface area (Å²) in [6, 6.07) is 20.1. The van der Waals surface area contributed by atoms with Gasteiger partial charge in [-0.05, 0) is 60.4 Å². The van der Waals surface area contributed by atoms with Crippen molar-refractivity contribution in [1.29, 1.82) is 0 Å². The van der Waals surface area contributed by atoms with Crippen LogP contribution in [0.1, 0.15) is 49.4 Å². The van der Waals surface area contributed by atoms with Gasteiger partial charge in [0.25, 0.3) is 5.56 Å². The summed E-state index contributed by atoms with van der Waals surface area (Å²) >= 11 is 1.28. The van der Waals surface area contributed by atoms with Crippen LogP contribution in [0.2, 0.25) is 0 Å². The van der Waals surface area contributed by atoms with Gasteiger partial charge in [0.15, 0.2) is 27.8 Å². The maximum atomic E-state index is 14.1. The first-order chi connectivity index (χ1) is 21.5. The van der Waals surface area contributed by atoms with E-state index in [1.54, 1.807) is 30.7 Å². The minimum absolute atomic E-state index is 0.114. The zero-order valence-electron chi connectivity index (χ0n) is 24.7. The lowest BCUT2D eigenvalue weighted by Gasteiger charge is -2.25. The van der Waals surface area contributed by atoms with Gasteiger partial charge in [-0.15, -0.1) is 0 Å². The van der Waals surface area contributed by atoms with Crippen molar-refractivity contribution in [3.8, 4) is 23.0 Å². The van der Waals surface area contributed by atoms with E-state index in [-0.39, 0.29) is 19.0 Å². The van der Waals surface area contributed by atoms with Crippen molar-refractivity contribution in [1.82, 2.24) is 4.57 Å². The van der Waals surface area contributed by atoms with Gasteiger partial charge in [0, 0.05) is 0 Å². The molecule has 226 valence electrons. The smallest absolute Gasteiger partial charge is 0.338 e. The Hall–Kier alpha value is -4.83. The summed E-state index contributed by atoms with van der Waals surface area (Å²) in [5.41, 5.74) is 3.21. The molecule has 2 aliphatic heterocycles. The zero-order chi connectivity index (χ0) is 30.6. The number of carbonyl (C=O) groups is 1. The van der Waals surface area contributed by atoms with Crippen molar-refractivity contribution in [2.24, 2.45) is 4.99 Å². The zero-order valence-corrected chi connectivity index (χ0v) is 25.5. The number of hydrogen-bond acceptors (Lipinski definition) is 9. The van der Waals surface area contributed by atoms with Crippen LogP contribution in [0.25, 0.3) is 6.08 Å². The molecule has 3 heterocycles. The van der Waals surface area contributed by atoms with Gasteiger partial charge in [-0.1, -0.05) is 67.1 Å². The Kier molecular flexibility index (Phi) is 8.51. The van der Waals surface area contributed by atoms with Crippen molar-refractivity contribution in [3.63, 3.8) is 0 Å². The molecule has 0 bridgehead atoms. The maximum absolute atomic E-state index is 14.1. The summed E-state index contributed by atoms with van der Waals surface area (Å²) in [5.74, 6) is 1.83. The van der Waals surface area contributed by atoms with Crippen LogP contribution in [0, 0.1) is 0 Å². The van der Waals surface area contributed by atoms with E-state index >= 15 is 0 Å². The number of ether oxygens (including phenoxy) is 5. The summed E-state index contributed by atoms with van der Waals surface area (Å²) in [5, 5.41) is 0. The summed E-state index contributed by atoms with van der Waals surface area (Å²) in [6.45, 7) is 4.50. The highest BCUT2D eigenvalue weighted by Gasteiger charge is 2.35. The van der Waals surface area contributed by atoms with E-state index < -0.39 is 12.0 Å². The summed E-state index contributed by atoms with van der Waals surface area (Å²) < 4.78 is 30.3. The number of carbonyl (C=O) groups excluding carboxylic acids is 1. The molecule has 0 fully saturated rings. The number of methoxy groups -OCH3 is 1. The Morgan fingerprint density at radius 2 is 1.86 bits per heavy atom. The minimum Gasteiger partial charge on any atom is -0.493 e. The van der Waals surface area contributed by atoms with Crippen molar-refractivity contribution in [3.05, 3.63) is 114 Å². The van der Waals surface area contributed by atoms with Crippen LogP contribution in [0.5, 0.6) is 23.0 Å². The van der Waals surface area contributed by atoms with Crippen molar-refractivity contribution in [2.45, 2.75) is 39.3 Å². The summed E-state index contributed by atoms with van der Waals surface area (Å²) in [7, 11) is 1.58. The Labute approximate surface area is 258 Å². The Morgan fingerprint density at radius 3 is 2.64 bits per heavy atom. The van der Waals surface area contributed by atoms with Gasteiger partial charge in [0.2, 0.25) is 6.79 Å². The molecule has 0 spiro atoms. The van der Waals surface area contributed by atoms with Crippen LogP contribution in [0.3, 0.4) is 0 Å². The summed E-state index contributed by atoms with van der Waals surface area (Å²) in [6.07, 6.45) is 3.13. The number of fused-ring (bicyclic) bond motifs is 2. The van der Waals surface area contributed by atoms with Crippen LogP contribution in [0.15, 0.2) is 87.8 Å². The molecule has 1 atom stereocenters. The molecule has 9 nitrogen and oxygen atoms in total. The quantitative estimate of drug-likeness (QED) is 0.235. The van der Waals surface area contributed by atoms with E-state index in [0.29, 0.717) is 62.2 Å². The second kappa shape index (κ2) is 12.8. The topological polar surface area (TPSA) is 97.6 Å². The van der Waals surface area contributed by atoms with E-state index in [2.05, 4.69) is 0 Å². The fourth-order valence-electron chi connectivity index (χ4n) is 5.30. The molecule has 0 aliphatic carbocycles. The van der Waals surface area contributed by atoms with Gasteiger partial charge in [0.05, 0.1) is 35.6 Å². The van der Waals surface area contributed by atoms with E-state index in [9.17, 15) is 9.59 Å². The monoisotopic (exact) mass is 612 g/mol. The van der Waals surface area contributed by atoms with Crippen molar-refractivity contribution >= 4 is 23.4 Å². The Bertz CT molecular complexity index is 1910. The first-order valence-corrected chi connectivity index (χ1v) is 15.3. The number of hydrogen-bond donors (Lipinski definition) is 0. The number of nitrogens with zero attached hydrogens (tertiary/aromatic N) is 2. The second-order valence-electron chi connectivity index (χ2n) is 10.2. The average molecular weight is 613 g/mol. The molecule has 44 heavy (non-hydrogen) atoms. The fourth-order valence-corrected chi connectivity index (χ4v) is 6.32. The highest BCUT2D eigenvalue weighted by molar-refractivity contribution is 7.07. The number of thiazole rings is 1. The molecule has 0 amide bonds. The predicted octanol–water partition coefficient (Wildman–Crippen LogP) is 4.89. The molecule has 3 aromatic carbocycles. The standard InChI is InChI=1S/C34H32N2O7S/c1-4-9-24-30(33(38)40-5-2)31(23-13-15-26-28(18-23)43-20-42-26)36-32(37)29(44-34(36)35-24)17-22-12-14-25(27(16-22)39-3)41-19-21-10-7-6-8-11-21/h6-8,10-18,31H,4-5,9,19-20H2,1-3H3/b29-17-. The van der Waals surface area contributed by atoms with Crippen molar-refractivity contribution in [2.75, 3.05) is 20.5 Å². The molecule has 0 N–H and O–H groups in total. The number of allylic oxidation sites excluding steroid dienone is 1. The van der Waals surface area contributed by atoms with Gasteiger partial charge in [-0.3, -0.25) is 9.36 Å². The SMILES string of the molecule is CCCC1=C(C(=O)OCC)C(c2ccc3c(c2)OCO3)n2c(s/c(=C\c3ccc(OCc4ccccc4)c(OC)c3)c2=O)=N1. The first-order valence-electron chi connectivity index (χ1n) is 14.5. The highest BCUT2D eigenvalue weighted by Crippen LogP contribution is 2.39. The molecule has 0 saturated heterocycles. The summed E-state index contributed by atoms with van der Waals surface area (Å²) in [4.78, 5) is 32.9. The highest BCUT2D eigenvalue weighted by atomic mass is 32.1. The Morgan fingerprint density at radius 1 is 1.05 bits per heavy atom. The predicted molar refractivity (Wildman–Crippen MR) is 166 cm³/mol.